The van der Waals surface area contributed by atoms with E-state index in [1.165, 1.54) is 17.7 Å². The normalized spacial score (nSPS) is 18.8. The topological polar surface area (TPSA) is 38.0 Å². The Morgan fingerprint density at radius 3 is 2.92 bits per heavy atom. The standard InChI is InChI=1S/C10H16N2S/c1-10(3-4-10)7-12-6-9-8(11)2-5-13-9/h2,5,12H,3-4,6-7,11H2,1H3. The zero-order valence-corrected chi connectivity index (χ0v) is 8.79. The molecule has 0 bridgehead atoms. The highest BCUT2D eigenvalue weighted by atomic mass is 32.1. The van der Waals surface area contributed by atoms with Crippen LogP contribution in [0.5, 0.6) is 0 Å². The quantitative estimate of drug-likeness (QED) is 0.775. The fraction of sp³-hybridized carbons (Fsp3) is 0.600. The van der Waals surface area contributed by atoms with Gasteiger partial charge in [0.15, 0.2) is 0 Å². The van der Waals surface area contributed by atoms with E-state index in [9.17, 15) is 0 Å². The minimum Gasteiger partial charge on any atom is -0.398 e. The second-order valence-corrected chi connectivity index (χ2v) is 5.21. The fourth-order valence-corrected chi connectivity index (χ4v) is 2.13. The van der Waals surface area contributed by atoms with Crippen molar-refractivity contribution in [1.29, 1.82) is 0 Å². The summed E-state index contributed by atoms with van der Waals surface area (Å²) in [4.78, 5) is 1.27. The van der Waals surface area contributed by atoms with Crippen LogP contribution in [0, 0.1) is 5.41 Å². The predicted octanol–water partition coefficient (Wildman–Crippen LogP) is 2.22. The third-order valence-corrected chi connectivity index (χ3v) is 3.66. The van der Waals surface area contributed by atoms with Crippen LogP contribution in [0.3, 0.4) is 0 Å². The van der Waals surface area contributed by atoms with Gasteiger partial charge in [-0.25, -0.2) is 0 Å². The van der Waals surface area contributed by atoms with Crippen molar-refractivity contribution in [1.82, 2.24) is 5.32 Å². The van der Waals surface area contributed by atoms with Gasteiger partial charge < -0.3 is 11.1 Å². The zero-order valence-electron chi connectivity index (χ0n) is 7.97. The molecule has 1 saturated carbocycles. The van der Waals surface area contributed by atoms with Gasteiger partial charge in [-0.2, -0.15) is 0 Å². The SMILES string of the molecule is CC1(CNCc2sccc2N)CC1. The molecule has 3 N–H and O–H groups in total. The van der Waals surface area contributed by atoms with Gasteiger partial charge >= 0.3 is 0 Å². The smallest absolute Gasteiger partial charge is 0.0468 e. The second-order valence-electron chi connectivity index (χ2n) is 4.21. The first kappa shape index (κ1) is 9.03. The van der Waals surface area contributed by atoms with E-state index in [0.717, 1.165) is 18.8 Å². The maximum absolute atomic E-state index is 5.78. The molecule has 0 unspecified atom stereocenters. The summed E-state index contributed by atoms with van der Waals surface area (Å²) in [6, 6.07) is 1.97. The molecular formula is C10H16N2S. The third kappa shape index (κ3) is 2.23. The zero-order chi connectivity index (χ0) is 9.31. The lowest BCUT2D eigenvalue weighted by Crippen LogP contribution is -2.21. The van der Waals surface area contributed by atoms with Crippen molar-refractivity contribution in [2.75, 3.05) is 12.3 Å². The summed E-state index contributed by atoms with van der Waals surface area (Å²) in [5.74, 6) is 0. The molecule has 72 valence electrons. The van der Waals surface area contributed by atoms with Crippen molar-refractivity contribution < 1.29 is 0 Å². The van der Waals surface area contributed by atoms with Crippen molar-refractivity contribution in [3.8, 4) is 0 Å². The first-order valence-corrected chi connectivity index (χ1v) is 5.60. The third-order valence-electron chi connectivity index (χ3n) is 2.72. The molecule has 1 aliphatic carbocycles. The highest BCUT2D eigenvalue weighted by Crippen LogP contribution is 2.44. The molecule has 2 rings (SSSR count). The number of anilines is 1. The van der Waals surface area contributed by atoms with Gasteiger partial charge in [0.25, 0.3) is 0 Å². The fourth-order valence-electron chi connectivity index (χ4n) is 1.36. The lowest BCUT2D eigenvalue weighted by Gasteiger charge is -2.08. The molecular weight excluding hydrogens is 180 g/mol. The number of hydrogen-bond donors (Lipinski definition) is 2. The highest BCUT2D eigenvalue weighted by molar-refractivity contribution is 7.10. The Morgan fingerprint density at radius 1 is 1.62 bits per heavy atom. The number of nitrogen functional groups attached to an aromatic ring is 1. The first-order chi connectivity index (χ1) is 6.20. The lowest BCUT2D eigenvalue weighted by molar-refractivity contribution is 0.501. The van der Waals surface area contributed by atoms with Crippen LogP contribution in [-0.2, 0) is 6.54 Å². The molecule has 1 aromatic rings. The Hall–Kier alpha value is -0.540. The number of nitrogens with one attached hydrogen (secondary N) is 1. The average Bonchev–Trinajstić information content (AvgIpc) is 2.68. The summed E-state index contributed by atoms with van der Waals surface area (Å²) < 4.78 is 0. The summed E-state index contributed by atoms with van der Waals surface area (Å²) in [5.41, 5.74) is 7.29. The van der Waals surface area contributed by atoms with Crippen molar-refractivity contribution >= 4 is 17.0 Å². The van der Waals surface area contributed by atoms with Gasteiger partial charge in [-0.3, -0.25) is 0 Å². The Morgan fingerprint density at radius 2 is 2.38 bits per heavy atom. The van der Waals surface area contributed by atoms with Crippen LogP contribution in [0.1, 0.15) is 24.6 Å². The molecule has 13 heavy (non-hydrogen) atoms. The van der Waals surface area contributed by atoms with Gasteiger partial charge in [-0.15, -0.1) is 11.3 Å². The summed E-state index contributed by atoms with van der Waals surface area (Å²) in [5, 5.41) is 5.51. The molecule has 1 aromatic heterocycles. The van der Waals surface area contributed by atoms with E-state index in [1.54, 1.807) is 11.3 Å². The summed E-state index contributed by atoms with van der Waals surface area (Å²) in [7, 11) is 0. The predicted molar refractivity (Wildman–Crippen MR) is 57.8 cm³/mol. The van der Waals surface area contributed by atoms with Crippen LogP contribution < -0.4 is 11.1 Å². The molecule has 1 heterocycles. The van der Waals surface area contributed by atoms with Gasteiger partial charge in [0.2, 0.25) is 0 Å². The summed E-state index contributed by atoms with van der Waals surface area (Å²) >= 11 is 1.73. The largest absolute Gasteiger partial charge is 0.398 e. The molecule has 1 fully saturated rings. The average molecular weight is 196 g/mol. The van der Waals surface area contributed by atoms with Crippen LogP contribution >= 0.6 is 11.3 Å². The molecule has 0 amide bonds. The second kappa shape index (κ2) is 3.31. The van der Waals surface area contributed by atoms with Gasteiger partial charge in [-0.1, -0.05) is 6.92 Å². The van der Waals surface area contributed by atoms with Gasteiger partial charge in [-0.05, 0) is 29.7 Å². The van der Waals surface area contributed by atoms with Gasteiger partial charge in [0, 0.05) is 23.7 Å². The van der Waals surface area contributed by atoms with E-state index in [0.29, 0.717) is 5.41 Å². The minimum absolute atomic E-state index is 0.589. The number of nitrogens with two attached hydrogens (primary N) is 1. The molecule has 0 aromatic carbocycles. The highest BCUT2D eigenvalue weighted by Gasteiger charge is 2.36. The van der Waals surface area contributed by atoms with E-state index < -0.39 is 0 Å². The minimum atomic E-state index is 0.589. The van der Waals surface area contributed by atoms with E-state index in [4.69, 9.17) is 5.73 Å². The van der Waals surface area contributed by atoms with Crippen molar-refractivity contribution in [2.24, 2.45) is 5.41 Å². The van der Waals surface area contributed by atoms with Gasteiger partial charge in [0.1, 0.15) is 0 Å². The van der Waals surface area contributed by atoms with Crippen LogP contribution in [-0.4, -0.2) is 6.54 Å². The summed E-state index contributed by atoms with van der Waals surface area (Å²) in [6.07, 6.45) is 2.75. The first-order valence-electron chi connectivity index (χ1n) is 4.72. The maximum atomic E-state index is 5.78. The molecule has 0 radical (unpaired) electrons. The molecule has 0 aliphatic heterocycles. The van der Waals surface area contributed by atoms with E-state index in [-0.39, 0.29) is 0 Å². The molecule has 0 saturated heterocycles. The Balaban J connectivity index is 1.77. The van der Waals surface area contributed by atoms with Crippen LogP contribution in [0.2, 0.25) is 0 Å². The summed E-state index contributed by atoms with van der Waals surface area (Å²) in [6.45, 7) is 4.39. The Labute approximate surface area is 83.1 Å². The number of hydrogen-bond acceptors (Lipinski definition) is 3. The maximum Gasteiger partial charge on any atom is 0.0468 e. The van der Waals surface area contributed by atoms with Crippen LogP contribution in [0.4, 0.5) is 5.69 Å². The molecule has 3 heteroatoms. The van der Waals surface area contributed by atoms with Crippen LogP contribution in [0.15, 0.2) is 11.4 Å². The molecule has 0 atom stereocenters. The van der Waals surface area contributed by atoms with Crippen molar-refractivity contribution in [3.63, 3.8) is 0 Å². The molecule has 0 spiro atoms. The Kier molecular flexibility index (Phi) is 2.30. The van der Waals surface area contributed by atoms with Crippen molar-refractivity contribution in [2.45, 2.75) is 26.3 Å². The molecule has 1 aliphatic rings. The van der Waals surface area contributed by atoms with E-state index in [2.05, 4.69) is 12.2 Å². The molecule has 2 nitrogen and oxygen atoms in total. The monoisotopic (exact) mass is 196 g/mol. The lowest BCUT2D eigenvalue weighted by atomic mass is 10.1. The van der Waals surface area contributed by atoms with Gasteiger partial charge in [0.05, 0.1) is 0 Å². The van der Waals surface area contributed by atoms with E-state index >= 15 is 0 Å². The number of thiophene rings is 1. The Bertz CT molecular complexity index is 289. The van der Waals surface area contributed by atoms with Crippen LogP contribution in [0.25, 0.3) is 0 Å². The van der Waals surface area contributed by atoms with Crippen molar-refractivity contribution in [3.05, 3.63) is 16.3 Å². The number of rotatable bonds is 4. The van der Waals surface area contributed by atoms with E-state index in [1.807, 2.05) is 11.4 Å².